The molecule has 0 saturated heterocycles. The lowest BCUT2D eigenvalue weighted by Crippen LogP contribution is -2.00. The van der Waals surface area contributed by atoms with E-state index in [9.17, 15) is 5.11 Å². The smallest absolute Gasteiger partial charge is 0.169 e. The normalized spacial score (nSPS) is 12.0. The van der Waals surface area contributed by atoms with E-state index in [1.807, 2.05) is 43.3 Å². The molecule has 124 valence electrons. The summed E-state index contributed by atoms with van der Waals surface area (Å²) in [4.78, 5) is 1.17. The number of aliphatic hydroxyl groups is 1. The highest BCUT2D eigenvalue weighted by Crippen LogP contribution is 2.33. The molecule has 0 fully saturated rings. The van der Waals surface area contributed by atoms with Gasteiger partial charge in [-0.15, -0.1) is 11.8 Å². The lowest BCUT2D eigenvalue weighted by Gasteiger charge is -2.12. The number of hydrogen-bond acceptors (Lipinski definition) is 4. The number of methoxy groups -OCH3 is 1. The maximum Gasteiger partial charge on any atom is 0.169 e. The predicted molar refractivity (Wildman–Crippen MR) is 95.9 cm³/mol. The second-order valence-corrected chi connectivity index (χ2v) is 6.57. The molecule has 23 heavy (non-hydrogen) atoms. The van der Waals surface area contributed by atoms with Gasteiger partial charge in [0.2, 0.25) is 0 Å². The number of rotatable bonds is 8. The average molecular weight is 332 g/mol. The van der Waals surface area contributed by atoms with Crippen LogP contribution in [0.25, 0.3) is 0 Å². The van der Waals surface area contributed by atoms with Gasteiger partial charge in [0.05, 0.1) is 13.2 Å². The van der Waals surface area contributed by atoms with E-state index in [-0.39, 0.29) is 6.10 Å². The molecule has 1 unspecified atom stereocenters. The number of benzene rings is 2. The van der Waals surface area contributed by atoms with E-state index in [0.29, 0.717) is 0 Å². The second-order valence-electron chi connectivity index (χ2n) is 5.40. The van der Waals surface area contributed by atoms with Crippen LogP contribution in [0.2, 0.25) is 0 Å². The number of thioether (sulfide) groups is 1. The molecular formula is C19H24O3S. The molecule has 2 rings (SSSR count). The molecule has 0 saturated carbocycles. The molecule has 2 aromatic carbocycles. The lowest BCUT2D eigenvalue weighted by molar-refractivity contribution is 0.192. The maximum atomic E-state index is 9.28. The van der Waals surface area contributed by atoms with Crippen LogP contribution in [0, 0.1) is 0 Å². The first-order valence-corrected chi connectivity index (χ1v) is 8.86. The fraction of sp³-hybridized carbons (Fsp3) is 0.368. The first-order valence-electron chi connectivity index (χ1n) is 7.88. The fourth-order valence-corrected chi connectivity index (χ4v) is 3.12. The van der Waals surface area contributed by atoms with Gasteiger partial charge in [0, 0.05) is 10.6 Å². The largest absolute Gasteiger partial charge is 0.493 e. The van der Waals surface area contributed by atoms with Crippen molar-refractivity contribution >= 4 is 11.8 Å². The van der Waals surface area contributed by atoms with Gasteiger partial charge in [0.15, 0.2) is 11.5 Å². The van der Waals surface area contributed by atoms with Crippen molar-refractivity contribution in [3.8, 4) is 17.2 Å². The maximum absolute atomic E-state index is 9.28. The Kier molecular flexibility index (Phi) is 6.81. The highest BCUT2D eigenvalue weighted by molar-refractivity contribution is 7.99. The van der Waals surface area contributed by atoms with Gasteiger partial charge >= 0.3 is 0 Å². The molecule has 0 heterocycles. The van der Waals surface area contributed by atoms with Gasteiger partial charge in [-0.25, -0.2) is 0 Å². The summed E-state index contributed by atoms with van der Waals surface area (Å²) in [6.45, 7) is 3.93. The van der Waals surface area contributed by atoms with Crippen molar-refractivity contribution in [2.24, 2.45) is 0 Å². The molecule has 4 heteroatoms. The van der Waals surface area contributed by atoms with Crippen LogP contribution in [-0.4, -0.2) is 24.1 Å². The third-order valence-corrected chi connectivity index (χ3v) is 4.54. The van der Waals surface area contributed by atoms with Crippen molar-refractivity contribution in [3.05, 3.63) is 48.0 Å². The average Bonchev–Trinajstić information content (AvgIpc) is 2.56. The van der Waals surface area contributed by atoms with E-state index in [2.05, 4.69) is 13.0 Å². The van der Waals surface area contributed by atoms with E-state index in [4.69, 9.17) is 9.47 Å². The summed E-state index contributed by atoms with van der Waals surface area (Å²) < 4.78 is 11.3. The van der Waals surface area contributed by atoms with Crippen LogP contribution >= 0.6 is 11.8 Å². The molecule has 0 amide bonds. The van der Waals surface area contributed by atoms with Crippen LogP contribution < -0.4 is 9.47 Å². The van der Waals surface area contributed by atoms with Crippen LogP contribution in [0.1, 0.15) is 25.8 Å². The third kappa shape index (κ3) is 5.48. The third-order valence-electron chi connectivity index (χ3n) is 3.49. The Bertz CT molecular complexity index is 609. The standard InChI is InChI=1S/C19H24O3S/c1-4-15-5-10-18(19(13-15)21-3)22-16-6-8-17(9-7-16)23-12-11-14(2)20/h5-10,13-14,20H,4,11-12H2,1-3H3. The highest BCUT2D eigenvalue weighted by atomic mass is 32.2. The Hall–Kier alpha value is -1.65. The summed E-state index contributed by atoms with van der Waals surface area (Å²) in [5.74, 6) is 3.16. The topological polar surface area (TPSA) is 38.7 Å². The van der Waals surface area contributed by atoms with Gasteiger partial charge in [0.1, 0.15) is 5.75 Å². The van der Waals surface area contributed by atoms with Gasteiger partial charge in [0.25, 0.3) is 0 Å². The summed E-state index contributed by atoms with van der Waals surface area (Å²) >= 11 is 1.74. The minimum atomic E-state index is -0.247. The van der Waals surface area contributed by atoms with Crippen molar-refractivity contribution in [2.75, 3.05) is 12.9 Å². The summed E-state index contributed by atoms with van der Waals surface area (Å²) in [7, 11) is 1.66. The van der Waals surface area contributed by atoms with E-state index in [1.54, 1.807) is 18.9 Å². The van der Waals surface area contributed by atoms with Crippen molar-refractivity contribution in [1.29, 1.82) is 0 Å². The van der Waals surface area contributed by atoms with Gasteiger partial charge in [-0.3, -0.25) is 0 Å². The minimum Gasteiger partial charge on any atom is -0.493 e. The molecule has 0 aliphatic carbocycles. The zero-order chi connectivity index (χ0) is 16.7. The van der Waals surface area contributed by atoms with Crippen LogP contribution in [0.15, 0.2) is 47.4 Å². The summed E-state index contributed by atoms with van der Waals surface area (Å²) in [6.07, 6.45) is 1.52. The molecule has 0 aliphatic rings. The zero-order valence-electron chi connectivity index (χ0n) is 13.9. The lowest BCUT2D eigenvalue weighted by atomic mass is 10.1. The molecule has 0 aliphatic heterocycles. The fourth-order valence-electron chi connectivity index (χ4n) is 2.09. The molecule has 2 aromatic rings. The van der Waals surface area contributed by atoms with Crippen molar-refractivity contribution < 1.29 is 14.6 Å². The van der Waals surface area contributed by atoms with Gasteiger partial charge in [-0.05, 0) is 61.7 Å². The van der Waals surface area contributed by atoms with E-state index in [0.717, 1.165) is 35.8 Å². The van der Waals surface area contributed by atoms with Crippen molar-refractivity contribution in [2.45, 2.75) is 37.7 Å². The molecule has 3 nitrogen and oxygen atoms in total. The molecule has 0 bridgehead atoms. The summed E-state index contributed by atoms with van der Waals surface area (Å²) in [5.41, 5.74) is 1.22. The Labute approximate surface area is 142 Å². The number of hydrogen-bond donors (Lipinski definition) is 1. The molecule has 1 N–H and O–H groups in total. The number of aliphatic hydroxyl groups excluding tert-OH is 1. The zero-order valence-corrected chi connectivity index (χ0v) is 14.7. The van der Waals surface area contributed by atoms with Crippen molar-refractivity contribution in [3.63, 3.8) is 0 Å². The summed E-state index contributed by atoms with van der Waals surface area (Å²) in [6, 6.07) is 14.0. The van der Waals surface area contributed by atoms with Crippen molar-refractivity contribution in [1.82, 2.24) is 0 Å². The van der Waals surface area contributed by atoms with Gasteiger partial charge in [-0.2, -0.15) is 0 Å². The second kappa shape index (κ2) is 8.85. The Balaban J connectivity index is 2.00. The summed E-state index contributed by atoms with van der Waals surface area (Å²) in [5, 5.41) is 9.28. The highest BCUT2D eigenvalue weighted by Gasteiger charge is 2.07. The van der Waals surface area contributed by atoms with Crippen LogP contribution in [0.4, 0.5) is 0 Å². The number of aryl methyl sites for hydroxylation is 1. The number of ether oxygens (including phenoxy) is 2. The minimum absolute atomic E-state index is 0.247. The molecule has 0 radical (unpaired) electrons. The molecular weight excluding hydrogens is 308 g/mol. The van der Waals surface area contributed by atoms with E-state index >= 15 is 0 Å². The molecule has 0 aromatic heterocycles. The van der Waals surface area contributed by atoms with Gasteiger partial charge in [-0.1, -0.05) is 13.0 Å². The van der Waals surface area contributed by atoms with E-state index < -0.39 is 0 Å². The predicted octanol–water partition coefficient (Wildman–Crippen LogP) is 4.91. The first kappa shape index (κ1) is 17.7. The van der Waals surface area contributed by atoms with Gasteiger partial charge < -0.3 is 14.6 Å². The Morgan fingerprint density at radius 1 is 1.09 bits per heavy atom. The quantitative estimate of drug-likeness (QED) is 0.697. The van der Waals surface area contributed by atoms with E-state index in [1.165, 1.54) is 10.5 Å². The Morgan fingerprint density at radius 2 is 1.83 bits per heavy atom. The SMILES string of the molecule is CCc1ccc(Oc2ccc(SCCC(C)O)cc2)c(OC)c1. The molecule has 1 atom stereocenters. The van der Waals surface area contributed by atoms with Crippen LogP contribution in [0.5, 0.6) is 17.2 Å². The van der Waals surface area contributed by atoms with Crippen LogP contribution in [0.3, 0.4) is 0 Å². The molecule has 0 spiro atoms. The van der Waals surface area contributed by atoms with Crippen LogP contribution in [-0.2, 0) is 6.42 Å². The monoisotopic (exact) mass is 332 g/mol. The Morgan fingerprint density at radius 3 is 2.43 bits per heavy atom. The first-order chi connectivity index (χ1) is 11.1.